The molecule has 0 saturated carbocycles. The first-order chi connectivity index (χ1) is 11.1. The van der Waals surface area contributed by atoms with Crippen LogP contribution in [0, 0.1) is 11.3 Å². The number of amides is 1. The van der Waals surface area contributed by atoms with E-state index in [0.29, 0.717) is 16.3 Å². The van der Waals surface area contributed by atoms with Crippen LogP contribution in [0.25, 0.3) is 0 Å². The van der Waals surface area contributed by atoms with Crippen molar-refractivity contribution in [1.82, 2.24) is 0 Å². The number of fused-ring (bicyclic) bond motifs is 1. The first-order valence-electron chi connectivity index (χ1n) is 6.93. The second kappa shape index (κ2) is 6.86. The zero-order chi connectivity index (χ0) is 16.2. The van der Waals surface area contributed by atoms with E-state index in [9.17, 15) is 4.79 Å². The minimum absolute atomic E-state index is 0.123. The van der Waals surface area contributed by atoms with Crippen molar-refractivity contribution in [2.75, 3.05) is 11.1 Å². The molecule has 1 amide bonds. The average Bonchev–Trinajstić information content (AvgIpc) is 2.95. The van der Waals surface area contributed by atoms with Gasteiger partial charge in [-0.3, -0.25) is 4.79 Å². The lowest BCUT2D eigenvalue weighted by atomic mass is 10.2. The Morgan fingerprint density at radius 3 is 3.04 bits per heavy atom. The third kappa shape index (κ3) is 3.92. The van der Waals surface area contributed by atoms with Gasteiger partial charge in [-0.2, -0.15) is 5.26 Å². The highest BCUT2D eigenvalue weighted by Crippen LogP contribution is 2.32. The second-order valence-electron chi connectivity index (χ2n) is 4.98. The van der Waals surface area contributed by atoms with Gasteiger partial charge >= 0.3 is 0 Å². The Labute approximate surface area is 143 Å². The van der Waals surface area contributed by atoms with Crippen molar-refractivity contribution in [2.24, 2.45) is 4.99 Å². The first kappa shape index (κ1) is 15.6. The molecule has 0 spiro atoms. The summed E-state index contributed by atoms with van der Waals surface area (Å²) in [5, 5.41) is 13.2. The number of nitrogens with one attached hydrogen (secondary N) is 1. The molecule has 0 atom stereocenters. The highest BCUT2D eigenvalue weighted by atomic mass is 35.5. The second-order valence-corrected chi connectivity index (χ2v) is 6.47. The van der Waals surface area contributed by atoms with Crippen molar-refractivity contribution in [3.63, 3.8) is 0 Å². The summed E-state index contributed by atoms with van der Waals surface area (Å²) < 4.78 is 0. The Morgan fingerprint density at radius 1 is 1.35 bits per heavy atom. The van der Waals surface area contributed by atoms with Crippen LogP contribution in [-0.4, -0.2) is 16.7 Å². The third-order valence-corrected chi connectivity index (χ3v) is 4.49. The van der Waals surface area contributed by atoms with E-state index in [-0.39, 0.29) is 11.7 Å². The summed E-state index contributed by atoms with van der Waals surface area (Å²) in [6.45, 7) is 0. The molecule has 1 N–H and O–H groups in total. The Bertz CT molecular complexity index is 842. The quantitative estimate of drug-likeness (QED) is 0.911. The number of carbonyl (C=O) groups is 1. The predicted molar refractivity (Wildman–Crippen MR) is 94.5 cm³/mol. The van der Waals surface area contributed by atoms with Crippen LogP contribution in [0.5, 0.6) is 0 Å². The van der Waals surface area contributed by atoms with E-state index in [1.807, 2.05) is 24.3 Å². The third-order valence-electron chi connectivity index (χ3n) is 3.28. The van der Waals surface area contributed by atoms with E-state index >= 15 is 0 Å². The van der Waals surface area contributed by atoms with Crippen LogP contribution in [0.1, 0.15) is 11.1 Å². The minimum Gasteiger partial charge on any atom is -0.325 e. The molecular weight excluding hydrogens is 330 g/mol. The van der Waals surface area contributed by atoms with Crippen LogP contribution in [0.2, 0.25) is 5.02 Å². The highest BCUT2D eigenvalue weighted by molar-refractivity contribution is 8.14. The van der Waals surface area contributed by atoms with Crippen LogP contribution in [0.15, 0.2) is 47.5 Å². The molecule has 0 aromatic heterocycles. The van der Waals surface area contributed by atoms with Crippen LogP contribution < -0.4 is 5.32 Å². The molecule has 0 saturated heterocycles. The fraction of sp³-hybridized carbons (Fsp3) is 0.118. The molecule has 3 rings (SSSR count). The molecular formula is C17H12ClN3OS. The number of hydrogen-bond donors (Lipinski definition) is 1. The van der Waals surface area contributed by atoms with Crippen LogP contribution >= 0.6 is 23.4 Å². The number of hydrogen-bond acceptors (Lipinski definition) is 4. The maximum absolute atomic E-state index is 12.0. The number of carbonyl (C=O) groups excluding carboxylic acids is 1. The zero-order valence-electron chi connectivity index (χ0n) is 12.0. The van der Waals surface area contributed by atoms with Crippen molar-refractivity contribution in [2.45, 2.75) is 6.42 Å². The highest BCUT2D eigenvalue weighted by Gasteiger charge is 2.16. The SMILES string of the molecule is N#Cc1cccc(NC(=O)CSC2=Nc3cc(Cl)ccc3C2)c1. The van der Waals surface area contributed by atoms with E-state index in [2.05, 4.69) is 10.3 Å². The van der Waals surface area contributed by atoms with Gasteiger partial charge in [0.05, 0.1) is 28.1 Å². The molecule has 0 fully saturated rings. The Hall–Kier alpha value is -2.29. The van der Waals surface area contributed by atoms with Gasteiger partial charge in [-0.15, -0.1) is 11.8 Å². The molecule has 0 unspecified atom stereocenters. The maximum Gasteiger partial charge on any atom is 0.234 e. The van der Waals surface area contributed by atoms with E-state index in [4.69, 9.17) is 16.9 Å². The Balaban J connectivity index is 1.56. The summed E-state index contributed by atoms with van der Waals surface area (Å²) in [5.74, 6) is 0.152. The van der Waals surface area contributed by atoms with Gasteiger partial charge in [0.15, 0.2) is 0 Å². The molecule has 0 radical (unpaired) electrons. The minimum atomic E-state index is -0.123. The summed E-state index contributed by atoms with van der Waals surface area (Å²) in [7, 11) is 0. The molecule has 6 heteroatoms. The average molecular weight is 342 g/mol. The molecule has 4 nitrogen and oxygen atoms in total. The number of nitriles is 1. The molecule has 114 valence electrons. The van der Waals surface area contributed by atoms with Gasteiger partial charge in [0.2, 0.25) is 5.91 Å². The molecule has 0 bridgehead atoms. The number of aliphatic imine (C=N–C) groups is 1. The molecule has 0 aliphatic carbocycles. The summed E-state index contributed by atoms with van der Waals surface area (Å²) in [5.41, 5.74) is 3.14. The van der Waals surface area contributed by atoms with Crippen LogP contribution in [-0.2, 0) is 11.2 Å². The van der Waals surface area contributed by atoms with E-state index in [0.717, 1.165) is 22.7 Å². The summed E-state index contributed by atoms with van der Waals surface area (Å²) in [6.07, 6.45) is 0.731. The monoisotopic (exact) mass is 341 g/mol. The van der Waals surface area contributed by atoms with Gasteiger partial charge in [-0.05, 0) is 35.9 Å². The van der Waals surface area contributed by atoms with Gasteiger partial charge in [-0.1, -0.05) is 23.7 Å². The summed E-state index contributed by atoms with van der Waals surface area (Å²) >= 11 is 7.36. The molecule has 2 aromatic carbocycles. The topological polar surface area (TPSA) is 65.2 Å². The molecule has 1 aliphatic heterocycles. The summed E-state index contributed by atoms with van der Waals surface area (Å²) in [4.78, 5) is 16.5. The number of rotatable bonds is 3. The largest absolute Gasteiger partial charge is 0.325 e. The number of halogens is 1. The number of benzene rings is 2. The fourth-order valence-electron chi connectivity index (χ4n) is 2.22. The van der Waals surface area contributed by atoms with Crippen LogP contribution in [0.3, 0.4) is 0 Å². The van der Waals surface area contributed by atoms with Crippen molar-refractivity contribution < 1.29 is 4.79 Å². The van der Waals surface area contributed by atoms with E-state index in [1.54, 1.807) is 24.3 Å². The maximum atomic E-state index is 12.0. The van der Waals surface area contributed by atoms with Crippen molar-refractivity contribution in [1.29, 1.82) is 5.26 Å². The molecule has 1 aliphatic rings. The normalized spacial score (nSPS) is 12.3. The Morgan fingerprint density at radius 2 is 2.22 bits per heavy atom. The van der Waals surface area contributed by atoms with Crippen molar-refractivity contribution in [3.8, 4) is 6.07 Å². The van der Waals surface area contributed by atoms with E-state index < -0.39 is 0 Å². The molecule has 2 aromatic rings. The van der Waals surface area contributed by atoms with Gasteiger partial charge in [0.1, 0.15) is 0 Å². The molecule has 1 heterocycles. The van der Waals surface area contributed by atoms with Gasteiger partial charge in [0, 0.05) is 17.1 Å². The number of thioether (sulfide) groups is 1. The zero-order valence-corrected chi connectivity index (χ0v) is 13.6. The lowest BCUT2D eigenvalue weighted by Gasteiger charge is -2.05. The fourth-order valence-corrected chi connectivity index (χ4v) is 3.18. The van der Waals surface area contributed by atoms with Gasteiger partial charge in [-0.25, -0.2) is 4.99 Å². The lowest BCUT2D eigenvalue weighted by molar-refractivity contribution is -0.113. The first-order valence-corrected chi connectivity index (χ1v) is 8.29. The summed E-state index contributed by atoms with van der Waals surface area (Å²) in [6, 6.07) is 14.5. The number of anilines is 1. The molecule has 23 heavy (non-hydrogen) atoms. The van der Waals surface area contributed by atoms with Crippen LogP contribution in [0.4, 0.5) is 11.4 Å². The van der Waals surface area contributed by atoms with E-state index in [1.165, 1.54) is 11.8 Å². The van der Waals surface area contributed by atoms with Crippen molar-refractivity contribution >= 4 is 45.7 Å². The van der Waals surface area contributed by atoms with Gasteiger partial charge in [0.25, 0.3) is 0 Å². The number of nitrogens with zero attached hydrogens (tertiary/aromatic N) is 2. The Kier molecular flexibility index (Phi) is 4.65. The van der Waals surface area contributed by atoms with Gasteiger partial charge < -0.3 is 5.32 Å². The predicted octanol–water partition coefficient (Wildman–Crippen LogP) is 4.17. The lowest BCUT2D eigenvalue weighted by Crippen LogP contribution is -2.15. The standard InChI is InChI=1S/C17H12ClN3OS/c18-13-5-4-12-7-17(21-15(12)8-13)23-10-16(22)20-14-3-1-2-11(6-14)9-19/h1-6,8H,7,10H2,(H,20,22). The van der Waals surface area contributed by atoms with Crippen molar-refractivity contribution in [3.05, 3.63) is 58.6 Å². The smallest absolute Gasteiger partial charge is 0.234 e.